The summed E-state index contributed by atoms with van der Waals surface area (Å²) in [7, 11) is 1.57. The molecule has 4 heteroatoms. The molecule has 18 heavy (non-hydrogen) atoms. The van der Waals surface area contributed by atoms with Gasteiger partial charge in [0.15, 0.2) is 11.5 Å². The predicted molar refractivity (Wildman–Crippen MR) is 70.0 cm³/mol. The minimum Gasteiger partial charge on any atom is -0.493 e. The van der Waals surface area contributed by atoms with Crippen LogP contribution in [0.5, 0.6) is 11.5 Å². The summed E-state index contributed by atoms with van der Waals surface area (Å²) >= 11 is 0. The SMILES string of the molecule is COc1ccc(/C=C/C(=O)O)cc1OCC(C)C. The number of carbonyl (C=O) groups is 1. The van der Waals surface area contributed by atoms with Gasteiger partial charge in [0, 0.05) is 6.08 Å². The van der Waals surface area contributed by atoms with Crippen molar-refractivity contribution in [1.29, 1.82) is 0 Å². The molecule has 0 spiro atoms. The van der Waals surface area contributed by atoms with E-state index in [1.807, 2.05) is 0 Å². The Morgan fingerprint density at radius 1 is 1.39 bits per heavy atom. The molecule has 4 nitrogen and oxygen atoms in total. The van der Waals surface area contributed by atoms with Gasteiger partial charge >= 0.3 is 5.97 Å². The molecular formula is C14H18O4. The average Bonchev–Trinajstić information content (AvgIpc) is 2.33. The molecule has 0 aliphatic carbocycles. The Morgan fingerprint density at radius 2 is 2.11 bits per heavy atom. The van der Waals surface area contributed by atoms with E-state index < -0.39 is 5.97 Å². The van der Waals surface area contributed by atoms with E-state index in [1.165, 1.54) is 6.08 Å². The van der Waals surface area contributed by atoms with Crippen LogP contribution < -0.4 is 9.47 Å². The lowest BCUT2D eigenvalue weighted by Gasteiger charge is -2.12. The number of aliphatic carboxylic acids is 1. The monoisotopic (exact) mass is 250 g/mol. The summed E-state index contributed by atoms with van der Waals surface area (Å²) in [6, 6.07) is 5.30. The van der Waals surface area contributed by atoms with E-state index in [-0.39, 0.29) is 0 Å². The van der Waals surface area contributed by atoms with Crippen molar-refractivity contribution in [3.8, 4) is 11.5 Å². The molecule has 0 atom stereocenters. The molecule has 0 saturated heterocycles. The number of hydrogen-bond donors (Lipinski definition) is 1. The molecule has 98 valence electrons. The van der Waals surface area contributed by atoms with Crippen LogP contribution in [0.2, 0.25) is 0 Å². The first-order valence-corrected chi connectivity index (χ1v) is 5.74. The summed E-state index contributed by atoms with van der Waals surface area (Å²) in [5.74, 6) is 0.699. The number of methoxy groups -OCH3 is 1. The lowest BCUT2D eigenvalue weighted by atomic mass is 10.2. The number of ether oxygens (including phenoxy) is 2. The van der Waals surface area contributed by atoms with E-state index in [0.717, 1.165) is 11.6 Å². The van der Waals surface area contributed by atoms with Crippen molar-refractivity contribution >= 4 is 12.0 Å². The van der Waals surface area contributed by atoms with E-state index in [4.69, 9.17) is 14.6 Å². The van der Waals surface area contributed by atoms with Crippen LogP contribution in [0.15, 0.2) is 24.3 Å². The van der Waals surface area contributed by atoms with Gasteiger partial charge in [0.05, 0.1) is 13.7 Å². The molecule has 0 aliphatic heterocycles. The molecule has 1 aromatic rings. The van der Waals surface area contributed by atoms with Crippen molar-refractivity contribution in [2.45, 2.75) is 13.8 Å². The standard InChI is InChI=1S/C14H18O4/c1-10(2)9-18-13-8-11(5-7-14(15)16)4-6-12(13)17-3/h4-8,10H,9H2,1-3H3,(H,15,16)/b7-5+. The van der Waals surface area contributed by atoms with Crippen LogP contribution >= 0.6 is 0 Å². The van der Waals surface area contributed by atoms with Gasteiger partial charge in [0.1, 0.15) is 0 Å². The molecule has 0 aliphatic rings. The summed E-state index contributed by atoms with van der Waals surface area (Å²) < 4.78 is 10.8. The Labute approximate surface area is 107 Å². The minimum atomic E-state index is -0.976. The van der Waals surface area contributed by atoms with Gasteiger partial charge in [-0.2, -0.15) is 0 Å². The van der Waals surface area contributed by atoms with Gasteiger partial charge in [-0.15, -0.1) is 0 Å². The Balaban J connectivity index is 2.90. The summed E-state index contributed by atoms with van der Waals surface area (Å²) in [6.45, 7) is 4.70. The van der Waals surface area contributed by atoms with E-state index >= 15 is 0 Å². The molecule has 1 rings (SSSR count). The molecule has 0 bridgehead atoms. The van der Waals surface area contributed by atoms with Gasteiger partial charge in [-0.3, -0.25) is 0 Å². The fourth-order valence-corrected chi connectivity index (χ4v) is 1.33. The zero-order valence-electron chi connectivity index (χ0n) is 10.8. The van der Waals surface area contributed by atoms with Crippen LogP contribution in [0, 0.1) is 5.92 Å². The van der Waals surface area contributed by atoms with Crippen LogP contribution in [-0.2, 0) is 4.79 Å². The molecule has 0 radical (unpaired) electrons. The number of rotatable bonds is 6. The molecule has 0 fully saturated rings. The first-order valence-electron chi connectivity index (χ1n) is 5.74. The van der Waals surface area contributed by atoms with Gasteiger partial charge in [-0.05, 0) is 29.7 Å². The van der Waals surface area contributed by atoms with Crippen molar-refractivity contribution in [3.63, 3.8) is 0 Å². The molecule has 0 amide bonds. The number of benzene rings is 1. The molecule has 1 aromatic carbocycles. The third kappa shape index (κ3) is 4.49. The number of carboxylic acid groups (broad SMARTS) is 1. The first kappa shape index (κ1) is 14.1. The third-order valence-corrected chi connectivity index (χ3v) is 2.18. The first-order chi connectivity index (χ1) is 8.52. The van der Waals surface area contributed by atoms with Crippen molar-refractivity contribution < 1.29 is 19.4 Å². The second kappa shape index (κ2) is 6.69. The van der Waals surface area contributed by atoms with Crippen LogP contribution in [0.4, 0.5) is 0 Å². The Morgan fingerprint density at radius 3 is 2.67 bits per heavy atom. The average molecular weight is 250 g/mol. The largest absolute Gasteiger partial charge is 0.493 e. The van der Waals surface area contributed by atoms with Crippen molar-refractivity contribution in [2.24, 2.45) is 5.92 Å². The Bertz CT molecular complexity index is 435. The van der Waals surface area contributed by atoms with Crippen LogP contribution in [-0.4, -0.2) is 24.8 Å². The fraction of sp³-hybridized carbons (Fsp3) is 0.357. The van der Waals surface area contributed by atoms with Gasteiger partial charge in [0.25, 0.3) is 0 Å². The minimum absolute atomic E-state index is 0.410. The lowest BCUT2D eigenvalue weighted by Crippen LogP contribution is -2.05. The number of carboxylic acids is 1. The topological polar surface area (TPSA) is 55.8 Å². The predicted octanol–water partition coefficient (Wildman–Crippen LogP) is 2.83. The van der Waals surface area contributed by atoms with Gasteiger partial charge < -0.3 is 14.6 Å². The highest BCUT2D eigenvalue weighted by atomic mass is 16.5. The van der Waals surface area contributed by atoms with E-state index in [0.29, 0.717) is 24.0 Å². The van der Waals surface area contributed by atoms with E-state index in [2.05, 4.69) is 13.8 Å². The van der Waals surface area contributed by atoms with Crippen LogP contribution in [0.3, 0.4) is 0 Å². The Hall–Kier alpha value is -1.97. The summed E-state index contributed by atoms with van der Waals surface area (Å²) in [5.41, 5.74) is 0.761. The van der Waals surface area contributed by atoms with Crippen molar-refractivity contribution in [2.75, 3.05) is 13.7 Å². The van der Waals surface area contributed by atoms with Gasteiger partial charge in [-0.25, -0.2) is 4.79 Å². The molecule has 0 heterocycles. The maximum atomic E-state index is 10.5. The zero-order chi connectivity index (χ0) is 13.5. The summed E-state index contributed by atoms with van der Waals surface area (Å²) in [4.78, 5) is 10.5. The van der Waals surface area contributed by atoms with E-state index in [1.54, 1.807) is 25.3 Å². The molecule has 1 N–H and O–H groups in total. The van der Waals surface area contributed by atoms with E-state index in [9.17, 15) is 4.79 Å². The smallest absolute Gasteiger partial charge is 0.328 e. The maximum Gasteiger partial charge on any atom is 0.328 e. The van der Waals surface area contributed by atoms with Crippen LogP contribution in [0.1, 0.15) is 19.4 Å². The lowest BCUT2D eigenvalue weighted by molar-refractivity contribution is -0.131. The molecule has 0 saturated carbocycles. The summed E-state index contributed by atoms with van der Waals surface area (Å²) in [5, 5.41) is 8.58. The highest BCUT2D eigenvalue weighted by molar-refractivity contribution is 5.85. The fourth-order valence-electron chi connectivity index (χ4n) is 1.33. The van der Waals surface area contributed by atoms with Gasteiger partial charge in [-0.1, -0.05) is 19.9 Å². The van der Waals surface area contributed by atoms with Gasteiger partial charge in [0.2, 0.25) is 0 Å². The Kier molecular flexibility index (Phi) is 5.24. The quantitative estimate of drug-likeness (QED) is 0.789. The molecule has 0 aromatic heterocycles. The number of hydrogen-bond acceptors (Lipinski definition) is 3. The maximum absolute atomic E-state index is 10.5. The highest BCUT2D eigenvalue weighted by Crippen LogP contribution is 2.28. The third-order valence-electron chi connectivity index (χ3n) is 2.18. The second-order valence-electron chi connectivity index (χ2n) is 4.29. The molecule has 0 unspecified atom stereocenters. The normalized spacial score (nSPS) is 10.9. The molecular weight excluding hydrogens is 232 g/mol. The van der Waals surface area contributed by atoms with Crippen LogP contribution in [0.25, 0.3) is 6.08 Å². The highest BCUT2D eigenvalue weighted by Gasteiger charge is 2.06. The summed E-state index contributed by atoms with van der Waals surface area (Å²) in [6.07, 6.45) is 2.61. The zero-order valence-corrected chi connectivity index (χ0v) is 10.8. The van der Waals surface area contributed by atoms with Crippen molar-refractivity contribution in [1.82, 2.24) is 0 Å². The second-order valence-corrected chi connectivity index (χ2v) is 4.29. The van der Waals surface area contributed by atoms with Crippen molar-refractivity contribution in [3.05, 3.63) is 29.8 Å².